The van der Waals surface area contributed by atoms with Crippen molar-refractivity contribution in [3.63, 3.8) is 0 Å². The number of aromatic amines is 1. The number of rotatable bonds is 1. The minimum atomic E-state index is 0.667. The van der Waals surface area contributed by atoms with E-state index in [0.29, 0.717) is 5.82 Å². The van der Waals surface area contributed by atoms with Crippen LogP contribution >= 0.6 is 0 Å². The highest BCUT2D eigenvalue weighted by atomic mass is 14.9. The summed E-state index contributed by atoms with van der Waals surface area (Å²) in [4.78, 5) is 6.60. The van der Waals surface area contributed by atoms with Gasteiger partial charge in [-0.15, -0.1) is 0 Å². The van der Waals surface area contributed by atoms with Gasteiger partial charge in [-0.1, -0.05) is 0 Å². The molecule has 8 heavy (non-hydrogen) atoms. The van der Waals surface area contributed by atoms with Gasteiger partial charge in [-0.3, -0.25) is 5.41 Å². The molecule has 0 bridgehead atoms. The highest BCUT2D eigenvalue weighted by Crippen LogP contribution is 1.85. The van der Waals surface area contributed by atoms with E-state index in [9.17, 15) is 0 Å². The quantitative estimate of drug-likeness (QED) is 0.509. The minimum Gasteiger partial charge on any atom is -0.345 e. The van der Waals surface area contributed by atoms with Crippen LogP contribution in [0.25, 0.3) is 6.08 Å². The molecule has 0 radical (unpaired) electrons. The summed E-state index contributed by atoms with van der Waals surface area (Å²) in [6.45, 7) is 0. The van der Waals surface area contributed by atoms with Crippen molar-refractivity contribution < 1.29 is 0 Å². The van der Waals surface area contributed by atoms with Gasteiger partial charge in [-0.05, 0) is 5.87 Å². The van der Waals surface area contributed by atoms with Gasteiger partial charge < -0.3 is 4.98 Å². The predicted octanol–water partition coefficient (Wildman–Crippen LogP) is 0.671. The molecular formula is C5H5N3. The highest BCUT2D eigenvalue weighted by molar-refractivity contribution is 5.72. The van der Waals surface area contributed by atoms with Crippen molar-refractivity contribution in [3.8, 4) is 0 Å². The molecule has 1 aromatic heterocycles. The summed E-state index contributed by atoms with van der Waals surface area (Å²) in [7, 11) is 0. The van der Waals surface area contributed by atoms with Crippen LogP contribution in [0.2, 0.25) is 0 Å². The van der Waals surface area contributed by atoms with Crippen LogP contribution < -0.4 is 0 Å². The smallest absolute Gasteiger partial charge is 0.139 e. The van der Waals surface area contributed by atoms with Gasteiger partial charge in [0.25, 0.3) is 0 Å². The molecule has 0 aliphatic rings. The van der Waals surface area contributed by atoms with Gasteiger partial charge >= 0.3 is 0 Å². The Balaban J connectivity index is 2.93. The lowest BCUT2D eigenvalue weighted by Crippen LogP contribution is -1.70. The second kappa shape index (κ2) is 2.09. The van der Waals surface area contributed by atoms with E-state index >= 15 is 0 Å². The van der Waals surface area contributed by atoms with Gasteiger partial charge in [0.15, 0.2) is 0 Å². The molecule has 0 saturated carbocycles. The monoisotopic (exact) mass is 107 g/mol. The van der Waals surface area contributed by atoms with Gasteiger partial charge in [0.1, 0.15) is 5.82 Å². The van der Waals surface area contributed by atoms with Gasteiger partial charge in [-0.2, -0.15) is 0 Å². The second-order valence-corrected chi connectivity index (χ2v) is 1.26. The summed E-state index contributed by atoms with van der Waals surface area (Å²) in [5, 5.41) is 6.51. The van der Waals surface area contributed by atoms with Crippen molar-refractivity contribution in [1.29, 1.82) is 5.41 Å². The lowest BCUT2D eigenvalue weighted by molar-refractivity contribution is 1.27. The van der Waals surface area contributed by atoms with Crippen molar-refractivity contribution in [2.45, 2.75) is 0 Å². The fourth-order valence-corrected chi connectivity index (χ4v) is 0.425. The molecule has 1 rings (SSSR count). The Labute approximate surface area is 46.6 Å². The maximum Gasteiger partial charge on any atom is 0.139 e. The minimum absolute atomic E-state index is 0.667. The first-order valence-corrected chi connectivity index (χ1v) is 2.18. The van der Waals surface area contributed by atoms with E-state index < -0.39 is 0 Å². The molecule has 0 amide bonds. The fourth-order valence-electron chi connectivity index (χ4n) is 0.425. The van der Waals surface area contributed by atoms with Crippen LogP contribution in [0.5, 0.6) is 0 Å². The van der Waals surface area contributed by atoms with Gasteiger partial charge in [0.2, 0.25) is 0 Å². The molecule has 3 heteroatoms. The third-order valence-corrected chi connectivity index (χ3v) is 0.728. The molecule has 1 aromatic rings. The summed E-state index contributed by atoms with van der Waals surface area (Å²) in [6.07, 6.45) is 4.78. The van der Waals surface area contributed by atoms with Crippen molar-refractivity contribution >= 4 is 11.9 Å². The van der Waals surface area contributed by atoms with Crippen molar-refractivity contribution in [3.05, 3.63) is 18.2 Å². The van der Waals surface area contributed by atoms with E-state index in [1.165, 1.54) is 6.08 Å². The average molecular weight is 107 g/mol. The van der Waals surface area contributed by atoms with Crippen LogP contribution in [0.4, 0.5) is 0 Å². The van der Waals surface area contributed by atoms with Gasteiger partial charge in [0, 0.05) is 18.5 Å². The molecule has 0 fully saturated rings. The van der Waals surface area contributed by atoms with Crippen molar-refractivity contribution in [2.75, 3.05) is 0 Å². The Hall–Kier alpha value is -1.34. The molecule has 0 saturated heterocycles. The number of hydrogen-bond acceptors (Lipinski definition) is 2. The Morgan fingerprint density at radius 1 is 1.88 bits per heavy atom. The van der Waals surface area contributed by atoms with Crippen LogP contribution in [0.1, 0.15) is 5.82 Å². The first-order chi connectivity index (χ1) is 3.93. The zero-order chi connectivity index (χ0) is 5.82. The van der Waals surface area contributed by atoms with Gasteiger partial charge in [0.05, 0.1) is 0 Å². The molecular weight excluding hydrogens is 102 g/mol. The van der Waals surface area contributed by atoms with Crippen LogP contribution in [-0.4, -0.2) is 15.8 Å². The zero-order valence-electron chi connectivity index (χ0n) is 4.18. The fraction of sp³-hybridized carbons (Fsp3) is 0. The summed E-state index contributed by atoms with van der Waals surface area (Å²) < 4.78 is 0. The van der Waals surface area contributed by atoms with E-state index in [0.717, 1.165) is 0 Å². The van der Waals surface area contributed by atoms with Crippen LogP contribution in [0.15, 0.2) is 12.4 Å². The summed E-state index contributed by atoms with van der Waals surface area (Å²) in [5.74, 6) is 2.77. The van der Waals surface area contributed by atoms with E-state index in [4.69, 9.17) is 5.41 Å². The molecule has 3 nitrogen and oxygen atoms in total. The molecule has 0 unspecified atom stereocenters. The SMILES string of the molecule is N=C=Cc1ncc[nH]1. The Kier molecular flexibility index (Phi) is 1.26. The highest BCUT2D eigenvalue weighted by Gasteiger charge is 1.80. The molecule has 0 atom stereocenters. The lowest BCUT2D eigenvalue weighted by atomic mass is 10.6. The van der Waals surface area contributed by atoms with E-state index in [-0.39, 0.29) is 0 Å². The Morgan fingerprint density at radius 2 is 2.75 bits per heavy atom. The first-order valence-electron chi connectivity index (χ1n) is 2.18. The second-order valence-electron chi connectivity index (χ2n) is 1.26. The molecule has 2 N–H and O–H groups in total. The first kappa shape index (κ1) is 4.81. The molecule has 0 spiro atoms. The van der Waals surface area contributed by atoms with Crippen molar-refractivity contribution in [1.82, 2.24) is 9.97 Å². The third-order valence-electron chi connectivity index (χ3n) is 0.728. The third kappa shape index (κ3) is 0.832. The summed E-state index contributed by atoms with van der Waals surface area (Å²) in [5.41, 5.74) is 0. The maximum atomic E-state index is 6.51. The summed E-state index contributed by atoms with van der Waals surface area (Å²) in [6, 6.07) is 0. The van der Waals surface area contributed by atoms with Gasteiger partial charge in [-0.25, -0.2) is 4.98 Å². The van der Waals surface area contributed by atoms with E-state index in [1.807, 2.05) is 0 Å². The largest absolute Gasteiger partial charge is 0.345 e. The summed E-state index contributed by atoms with van der Waals surface area (Å²) >= 11 is 0. The van der Waals surface area contributed by atoms with E-state index in [1.54, 1.807) is 12.4 Å². The molecule has 0 aliphatic heterocycles. The van der Waals surface area contributed by atoms with Crippen LogP contribution in [0, 0.1) is 5.41 Å². The molecule has 40 valence electrons. The number of nitrogens with zero attached hydrogens (tertiary/aromatic N) is 1. The normalized spacial score (nSPS) is 8.00. The van der Waals surface area contributed by atoms with E-state index in [2.05, 4.69) is 15.8 Å². The van der Waals surface area contributed by atoms with Crippen LogP contribution in [-0.2, 0) is 0 Å². The van der Waals surface area contributed by atoms with Crippen molar-refractivity contribution in [2.24, 2.45) is 0 Å². The predicted molar refractivity (Wildman–Crippen MR) is 30.8 cm³/mol. The molecule has 1 heterocycles. The topological polar surface area (TPSA) is 52.5 Å². The standard InChI is InChI=1S/C5H5N3/c6-2-1-5-7-3-4-8-5/h1,3-4,6H,(H,7,8). The van der Waals surface area contributed by atoms with Crippen LogP contribution in [0.3, 0.4) is 0 Å². The maximum absolute atomic E-state index is 6.51. The molecule has 0 aromatic carbocycles. The average Bonchev–Trinajstić information content (AvgIpc) is 2.19. The number of nitrogens with one attached hydrogen (secondary N) is 2. The zero-order valence-corrected chi connectivity index (χ0v) is 4.18. The number of H-pyrrole nitrogens is 1. The number of hydrogen-bond donors (Lipinski definition) is 2. The number of imidazole rings is 1. The Morgan fingerprint density at radius 3 is 3.25 bits per heavy atom. The Bertz CT molecular complexity index is 193. The molecule has 0 aliphatic carbocycles. The lowest BCUT2D eigenvalue weighted by Gasteiger charge is -1.72. The number of aromatic nitrogens is 2.